The van der Waals surface area contributed by atoms with Gasteiger partial charge in [0, 0.05) is 31.6 Å². The topological polar surface area (TPSA) is 19.7 Å². The average molecular weight is 361 g/mol. The third-order valence-electron chi connectivity index (χ3n) is 6.43. The summed E-state index contributed by atoms with van der Waals surface area (Å²) in [7, 11) is 2.43. The molecule has 1 aromatic rings. The van der Waals surface area contributed by atoms with E-state index in [1.165, 1.54) is 56.1 Å². The minimum Gasteiger partial charge on any atom is -0.349 e. The molecule has 1 atom stereocenters. The predicted molar refractivity (Wildman–Crippen MR) is 110 cm³/mol. The number of piperidine rings is 1. The highest BCUT2D eigenvalue weighted by Crippen LogP contribution is 2.18. The lowest BCUT2D eigenvalue weighted by molar-refractivity contribution is -0.933. The number of hydrogen-bond acceptors (Lipinski definition) is 1. The van der Waals surface area contributed by atoms with Gasteiger partial charge in [-0.1, -0.05) is 12.5 Å². The lowest BCUT2D eigenvalue weighted by Crippen LogP contribution is -3.17. The maximum Gasteiger partial charge on any atom is 0.173 e. The maximum atomic E-state index is 5.67. The second kappa shape index (κ2) is 8.50. The predicted octanol–water partition coefficient (Wildman–Crippen LogP) is 3.31. The van der Waals surface area contributed by atoms with E-state index < -0.39 is 0 Å². The van der Waals surface area contributed by atoms with Crippen LogP contribution in [0.2, 0.25) is 0 Å². The quantitative estimate of drug-likeness (QED) is 0.807. The van der Waals surface area contributed by atoms with Gasteiger partial charge in [0.05, 0.1) is 19.1 Å². The van der Waals surface area contributed by atoms with E-state index in [1.807, 2.05) is 0 Å². The Hall–Kier alpha value is -1.13. The number of aryl methyl sites for hydroxylation is 2. The van der Waals surface area contributed by atoms with Gasteiger partial charge in [-0.2, -0.15) is 0 Å². The third-order valence-corrected chi connectivity index (χ3v) is 6.79. The van der Waals surface area contributed by atoms with Crippen LogP contribution in [0, 0.1) is 13.8 Å². The van der Waals surface area contributed by atoms with Crippen LogP contribution >= 0.6 is 12.2 Å². The van der Waals surface area contributed by atoms with E-state index in [-0.39, 0.29) is 0 Å². The Morgan fingerprint density at radius 2 is 1.64 bits per heavy atom. The van der Waals surface area contributed by atoms with Crippen molar-refractivity contribution in [3.05, 3.63) is 29.3 Å². The zero-order chi connectivity index (χ0) is 17.8. The third kappa shape index (κ3) is 4.73. The molecule has 1 aliphatic heterocycles. The maximum absolute atomic E-state index is 5.67. The molecule has 0 radical (unpaired) electrons. The number of thiocarbonyl (C=S) groups is 1. The summed E-state index contributed by atoms with van der Waals surface area (Å²) in [6, 6.07) is 8.18. The molecule has 2 N–H and O–H groups in total. The van der Waals surface area contributed by atoms with Gasteiger partial charge in [-0.05, 0) is 75.0 Å². The summed E-state index contributed by atoms with van der Waals surface area (Å²) in [5.41, 5.74) is 3.75. The van der Waals surface area contributed by atoms with E-state index in [0.717, 1.165) is 36.0 Å². The Morgan fingerprint density at radius 1 is 1.00 bits per heavy atom. The van der Waals surface area contributed by atoms with Crippen LogP contribution in [0.4, 0.5) is 5.69 Å². The number of hydrogen-bond donors (Lipinski definition) is 2. The molecule has 0 aromatic heterocycles. The average Bonchev–Trinajstić information content (AvgIpc) is 2.65. The molecule has 2 fully saturated rings. The van der Waals surface area contributed by atoms with Crippen molar-refractivity contribution in [1.29, 1.82) is 0 Å². The molecule has 1 aromatic carbocycles. The summed E-state index contributed by atoms with van der Waals surface area (Å²) in [6.07, 6.45) is 9.70. The van der Waals surface area contributed by atoms with Gasteiger partial charge in [0.25, 0.3) is 0 Å². The van der Waals surface area contributed by atoms with Gasteiger partial charge in [-0.3, -0.25) is 0 Å². The highest BCUT2D eigenvalue weighted by atomic mass is 32.1. The first kappa shape index (κ1) is 18.7. The van der Waals surface area contributed by atoms with Gasteiger partial charge in [0.2, 0.25) is 0 Å². The molecule has 1 aliphatic carbocycles. The largest absolute Gasteiger partial charge is 0.349 e. The zero-order valence-electron chi connectivity index (χ0n) is 16.1. The smallest absolute Gasteiger partial charge is 0.173 e. The molecule has 3 nitrogen and oxygen atoms in total. The molecule has 1 saturated heterocycles. The van der Waals surface area contributed by atoms with E-state index >= 15 is 0 Å². The zero-order valence-corrected chi connectivity index (χ0v) is 16.9. The standard InChI is InChI=1S/C21H33N3S/c1-16-9-10-18(15-17(16)2)22-21(25)24-13-11-20(12-14-24)23(3)19-7-5-4-6-8-19/h9-10,15,19-20H,4-8,11-14H2,1-3H3,(H,22,25)/p+1. The second-order valence-electron chi connectivity index (χ2n) is 8.07. The fourth-order valence-electron chi connectivity index (χ4n) is 4.45. The van der Waals surface area contributed by atoms with Crippen molar-refractivity contribution in [2.75, 3.05) is 25.5 Å². The van der Waals surface area contributed by atoms with Crippen molar-refractivity contribution in [2.24, 2.45) is 0 Å². The molecule has 3 rings (SSSR count). The van der Waals surface area contributed by atoms with Crippen LogP contribution in [-0.2, 0) is 0 Å². The van der Waals surface area contributed by atoms with Gasteiger partial charge in [-0.25, -0.2) is 0 Å². The molecule has 25 heavy (non-hydrogen) atoms. The molecule has 138 valence electrons. The lowest BCUT2D eigenvalue weighted by Gasteiger charge is -2.39. The van der Waals surface area contributed by atoms with Crippen molar-refractivity contribution in [3.8, 4) is 0 Å². The van der Waals surface area contributed by atoms with E-state index in [2.05, 4.69) is 49.3 Å². The fourth-order valence-corrected chi connectivity index (χ4v) is 4.75. The van der Waals surface area contributed by atoms with Crippen molar-refractivity contribution in [2.45, 2.75) is 70.9 Å². The molecule has 1 saturated carbocycles. The molecule has 1 unspecified atom stereocenters. The van der Waals surface area contributed by atoms with Crippen LogP contribution in [0.25, 0.3) is 0 Å². The van der Waals surface area contributed by atoms with E-state index in [1.54, 1.807) is 4.90 Å². The van der Waals surface area contributed by atoms with Gasteiger partial charge in [0.1, 0.15) is 0 Å². The Labute approximate surface area is 158 Å². The van der Waals surface area contributed by atoms with Gasteiger partial charge < -0.3 is 15.1 Å². The normalized spacial score (nSPS) is 21.2. The van der Waals surface area contributed by atoms with Crippen LogP contribution in [0.15, 0.2) is 18.2 Å². The van der Waals surface area contributed by atoms with Crippen LogP contribution in [0.5, 0.6) is 0 Å². The number of quaternary nitrogens is 1. The van der Waals surface area contributed by atoms with E-state index in [0.29, 0.717) is 0 Å². The number of likely N-dealkylation sites (tertiary alicyclic amines) is 1. The van der Waals surface area contributed by atoms with Crippen LogP contribution in [-0.4, -0.2) is 42.2 Å². The van der Waals surface area contributed by atoms with Crippen LogP contribution < -0.4 is 10.2 Å². The van der Waals surface area contributed by atoms with E-state index in [9.17, 15) is 0 Å². The number of nitrogens with one attached hydrogen (secondary N) is 2. The summed E-state index contributed by atoms with van der Waals surface area (Å²) in [4.78, 5) is 4.14. The molecular formula is C21H34N3S+. The summed E-state index contributed by atoms with van der Waals surface area (Å²) in [5, 5.41) is 4.32. The minimum atomic E-state index is 0.809. The summed E-state index contributed by atoms with van der Waals surface area (Å²) < 4.78 is 0. The monoisotopic (exact) mass is 360 g/mol. The number of benzene rings is 1. The Bertz CT molecular complexity index is 587. The number of nitrogens with zero attached hydrogens (tertiary/aromatic N) is 1. The van der Waals surface area contributed by atoms with Crippen molar-refractivity contribution >= 4 is 23.0 Å². The summed E-state index contributed by atoms with van der Waals surface area (Å²) in [6.45, 7) is 6.48. The van der Waals surface area contributed by atoms with Crippen molar-refractivity contribution < 1.29 is 4.90 Å². The molecule has 0 bridgehead atoms. The SMILES string of the molecule is Cc1ccc(NC(=S)N2CCC([NH+](C)C3CCCCC3)CC2)cc1C. The number of anilines is 1. The molecule has 1 heterocycles. The van der Waals surface area contributed by atoms with Gasteiger partial charge in [0.15, 0.2) is 5.11 Å². The molecule has 0 amide bonds. The Balaban J connectivity index is 1.49. The minimum absolute atomic E-state index is 0.809. The first-order valence-corrected chi connectivity index (χ1v) is 10.4. The fraction of sp³-hybridized carbons (Fsp3) is 0.667. The van der Waals surface area contributed by atoms with Gasteiger partial charge in [-0.15, -0.1) is 0 Å². The van der Waals surface area contributed by atoms with E-state index in [4.69, 9.17) is 12.2 Å². The molecule has 0 spiro atoms. The van der Waals surface area contributed by atoms with Crippen LogP contribution in [0.3, 0.4) is 0 Å². The van der Waals surface area contributed by atoms with Crippen molar-refractivity contribution in [1.82, 2.24) is 4.90 Å². The number of rotatable bonds is 3. The Kier molecular flexibility index (Phi) is 6.34. The van der Waals surface area contributed by atoms with Crippen molar-refractivity contribution in [3.63, 3.8) is 0 Å². The first-order valence-electron chi connectivity index (χ1n) is 10.0. The summed E-state index contributed by atoms with van der Waals surface area (Å²) in [5.74, 6) is 0. The van der Waals surface area contributed by atoms with Crippen LogP contribution in [0.1, 0.15) is 56.1 Å². The molecule has 2 aliphatic rings. The second-order valence-corrected chi connectivity index (χ2v) is 8.46. The molecular weight excluding hydrogens is 326 g/mol. The molecule has 4 heteroatoms. The van der Waals surface area contributed by atoms with Gasteiger partial charge >= 0.3 is 0 Å². The Morgan fingerprint density at radius 3 is 2.28 bits per heavy atom. The highest BCUT2D eigenvalue weighted by molar-refractivity contribution is 7.80. The highest BCUT2D eigenvalue weighted by Gasteiger charge is 2.31. The lowest BCUT2D eigenvalue weighted by atomic mass is 9.92. The summed E-state index contributed by atoms with van der Waals surface area (Å²) >= 11 is 5.67. The first-order chi connectivity index (χ1) is 12.0.